The van der Waals surface area contributed by atoms with Gasteiger partial charge in [-0.3, -0.25) is 4.79 Å². The minimum Gasteiger partial charge on any atom is -0.368 e. The molecular formula is C11H13F2N3O3S. The molecule has 0 bridgehead atoms. The van der Waals surface area contributed by atoms with Crippen molar-refractivity contribution in [3.8, 4) is 0 Å². The van der Waals surface area contributed by atoms with Crippen LogP contribution in [-0.2, 0) is 14.8 Å². The van der Waals surface area contributed by atoms with Crippen molar-refractivity contribution >= 4 is 15.9 Å². The SMILES string of the molecule is NC(=O)C1CNCCN1S(=O)(=O)c1cc(F)ccc1F. The van der Waals surface area contributed by atoms with E-state index in [0.29, 0.717) is 12.6 Å². The molecule has 1 aromatic rings. The molecule has 1 saturated heterocycles. The molecular weight excluding hydrogens is 292 g/mol. The van der Waals surface area contributed by atoms with Crippen molar-refractivity contribution < 1.29 is 22.0 Å². The molecule has 1 unspecified atom stereocenters. The molecule has 3 N–H and O–H groups in total. The highest BCUT2D eigenvalue weighted by Crippen LogP contribution is 2.22. The molecule has 0 aliphatic carbocycles. The van der Waals surface area contributed by atoms with Gasteiger partial charge in [-0.05, 0) is 18.2 Å². The van der Waals surface area contributed by atoms with Crippen LogP contribution in [0.1, 0.15) is 0 Å². The van der Waals surface area contributed by atoms with Crippen molar-refractivity contribution in [2.75, 3.05) is 19.6 Å². The number of carbonyl (C=O) groups excluding carboxylic acids is 1. The van der Waals surface area contributed by atoms with E-state index in [0.717, 1.165) is 16.4 Å². The summed E-state index contributed by atoms with van der Waals surface area (Å²) < 4.78 is 52.3. The van der Waals surface area contributed by atoms with Crippen LogP contribution >= 0.6 is 0 Å². The van der Waals surface area contributed by atoms with Crippen molar-refractivity contribution in [3.05, 3.63) is 29.8 Å². The molecule has 110 valence electrons. The van der Waals surface area contributed by atoms with Crippen LogP contribution in [-0.4, -0.2) is 44.3 Å². The van der Waals surface area contributed by atoms with Gasteiger partial charge in [0, 0.05) is 19.6 Å². The highest BCUT2D eigenvalue weighted by molar-refractivity contribution is 7.89. The lowest BCUT2D eigenvalue weighted by Gasteiger charge is -2.33. The van der Waals surface area contributed by atoms with Gasteiger partial charge in [-0.25, -0.2) is 17.2 Å². The predicted molar refractivity (Wildman–Crippen MR) is 66.1 cm³/mol. The number of rotatable bonds is 3. The molecule has 1 heterocycles. The Labute approximate surface area is 114 Å². The first-order valence-electron chi connectivity index (χ1n) is 5.81. The lowest BCUT2D eigenvalue weighted by molar-refractivity contribution is -0.122. The maximum Gasteiger partial charge on any atom is 0.246 e. The van der Waals surface area contributed by atoms with Crippen LogP contribution in [0.3, 0.4) is 0 Å². The minimum atomic E-state index is -4.33. The van der Waals surface area contributed by atoms with Crippen molar-refractivity contribution in [2.24, 2.45) is 5.73 Å². The molecule has 6 nitrogen and oxygen atoms in total. The van der Waals surface area contributed by atoms with Gasteiger partial charge in [0.25, 0.3) is 0 Å². The second kappa shape index (κ2) is 5.43. The average molecular weight is 305 g/mol. The van der Waals surface area contributed by atoms with E-state index < -0.39 is 38.5 Å². The number of nitrogens with two attached hydrogens (primary N) is 1. The van der Waals surface area contributed by atoms with E-state index in [1.807, 2.05) is 0 Å². The Balaban J connectivity index is 2.47. The minimum absolute atomic E-state index is 0.0332. The summed E-state index contributed by atoms with van der Waals surface area (Å²) >= 11 is 0. The number of hydrogen-bond acceptors (Lipinski definition) is 4. The Morgan fingerprint density at radius 2 is 2.10 bits per heavy atom. The van der Waals surface area contributed by atoms with Crippen LogP contribution in [0.25, 0.3) is 0 Å². The Morgan fingerprint density at radius 3 is 2.75 bits per heavy atom. The zero-order valence-corrected chi connectivity index (χ0v) is 11.2. The molecule has 1 aromatic carbocycles. The summed E-state index contributed by atoms with van der Waals surface area (Å²) in [5.74, 6) is -2.80. The van der Waals surface area contributed by atoms with Gasteiger partial charge in [0.15, 0.2) is 0 Å². The largest absolute Gasteiger partial charge is 0.368 e. The second-order valence-electron chi connectivity index (χ2n) is 4.31. The maximum absolute atomic E-state index is 13.6. The molecule has 9 heteroatoms. The quantitative estimate of drug-likeness (QED) is 0.781. The molecule has 0 saturated carbocycles. The van der Waals surface area contributed by atoms with E-state index in [9.17, 15) is 22.0 Å². The van der Waals surface area contributed by atoms with E-state index in [-0.39, 0.29) is 13.1 Å². The summed E-state index contributed by atoms with van der Waals surface area (Å²) in [6.45, 7) is 0.275. The Hall–Kier alpha value is -1.58. The fourth-order valence-electron chi connectivity index (χ4n) is 2.02. The number of nitrogens with zero attached hydrogens (tertiary/aromatic N) is 1. The molecule has 20 heavy (non-hydrogen) atoms. The summed E-state index contributed by atoms with van der Waals surface area (Å²) in [5.41, 5.74) is 5.15. The van der Waals surface area contributed by atoms with E-state index in [1.165, 1.54) is 0 Å². The van der Waals surface area contributed by atoms with Gasteiger partial charge >= 0.3 is 0 Å². The van der Waals surface area contributed by atoms with Gasteiger partial charge in [-0.2, -0.15) is 4.31 Å². The molecule has 0 aromatic heterocycles. The smallest absolute Gasteiger partial charge is 0.246 e. The molecule has 1 amide bonds. The molecule has 0 radical (unpaired) electrons. The summed E-state index contributed by atoms with van der Waals surface area (Å²) in [4.78, 5) is 10.5. The number of sulfonamides is 1. The molecule has 2 rings (SSSR count). The number of primary amides is 1. The monoisotopic (exact) mass is 305 g/mol. The van der Waals surface area contributed by atoms with Gasteiger partial charge < -0.3 is 11.1 Å². The predicted octanol–water partition coefficient (Wildman–Crippen LogP) is -0.587. The Bertz CT molecular complexity index is 636. The summed E-state index contributed by atoms with van der Waals surface area (Å²) in [5, 5.41) is 2.82. The van der Waals surface area contributed by atoms with Gasteiger partial charge in [0.1, 0.15) is 22.6 Å². The Kier molecular flexibility index (Phi) is 4.02. The molecule has 1 aliphatic heterocycles. The lowest BCUT2D eigenvalue weighted by Crippen LogP contribution is -2.58. The van der Waals surface area contributed by atoms with E-state index in [2.05, 4.69) is 5.32 Å². The van der Waals surface area contributed by atoms with Crippen LogP contribution in [0.15, 0.2) is 23.1 Å². The van der Waals surface area contributed by atoms with Crippen LogP contribution < -0.4 is 11.1 Å². The first-order valence-corrected chi connectivity index (χ1v) is 7.25. The summed E-state index contributed by atoms with van der Waals surface area (Å²) in [6.07, 6.45) is 0. The van der Waals surface area contributed by atoms with Crippen molar-refractivity contribution in [1.82, 2.24) is 9.62 Å². The number of piperazine rings is 1. The maximum atomic E-state index is 13.6. The molecule has 1 atom stereocenters. The highest BCUT2D eigenvalue weighted by Gasteiger charge is 2.38. The lowest BCUT2D eigenvalue weighted by atomic mass is 10.2. The zero-order valence-electron chi connectivity index (χ0n) is 10.3. The molecule has 1 aliphatic rings. The topological polar surface area (TPSA) is 92.5 Å². The van der Waals surface area contributed by atoms with Crippen molar-refractivity contribution in [3.63, 3.8) is 0 Å². The van der Waals surface area contributed by atoms with E-state index in [1.54, 1.807) is 0 Å². The molecule has 1 fully saturated rings. The van der Waals surface area contributed by atoms with Gasteiger partial charge in [0.2, 0.25) is 15.9 Å². The molecule has 0 spiro atoms. The van der Waals surface area contributed by atoms with Crippen LogP contribution in [0.2, 0.25) is 0 Å². The summed E-state index contributed by atoms with van der Waals surface area (Å²) in [6, 6.07) is 1.00. The van der Waals surface area contributed by atoms with E-state index >= 15 is 0 Å². The Morgan fingerprint density at radius 1 is 1.40 bits per heavy atom. The first-order chi connectivity index (χ1) is 9.34. The normalized spacial score (nSPS) is 20.8. The standard InChI is InChI=1S/C11H13F2N3O3S/c12-7-1-2-8(13)10(5-7)20(18,19)16-4-3-15-6-9(16)11(14)17/h1-2,5,9,15H,3-4,6H2,(H2,14,17). The van der Waals surface area contributed by atoms with Crippen LogP contribution in [0, 0.1) is 11.6 Å². The highest BCUT2D eigenvalue weighted by atomic mass is 32.2. The van der Waals surface area contributed by atoms with Gasteiger partial charge in [0.05, 0.1) is 0 Å². The zero-order chi connectivity index (χ0) is 14.9. The van der Waals surface area contributed by atoms with Gasteiger partial charge in [-0.15, -0.1) is 0 Å². The first kappa shape index (κ1) is 14.8. The fraction of sp³-hybridized carbons (Fsp3) is 0.364. The number of halogens is 2. The van der Waals surface area contributed by atoms with E-state index in [4.69, 9.17) is 5.73 Å². The van der Waals surface area contributed by atoms with Gasteiger partial charge in [-0.1, -0.05) is 0 Å². The number of hydrogen-bond donors (Lipinski definition) is 2. The second-order valence-corrected chi connectivity index (χ2v) is 6.17. The number of carbonyl (C=O) groups is 1. The third-order valence-electron chi connectivity index (χ3n) is 3.00. The van der Waals surface area contributed by atoms with Crippen molar-refractivity contribution in [1.29, 1.82) is 0 Å². The van der Waals surface area contributed by atoms with Crippen molar-refractivity contribution in [2.45, 2.75) is 10.9 Å². The third-order valence-corrected chi connectivity index (χ3v) is 4.93. The number of amides is 1. The summed E-state index contributed by atoms with van der Waals surface area (Å²) in [7, 11) is -4.33. The fourth-order valence-corrected chi connectivity index (χ4v) is 3.69. The van der Waals surface area contributed by atoms with Crippen LogP contribution in [0.5, 0.6) is 0 Å². The average Bonchev–Trinajstić information content (AvgIpc) is 2.41. The number of benzene rings is 1. The third kappa shape index (κ3) is 2.65. The van der Waals surface area contributed by atoms with Crippen LogP contribution in [0.4, 0.5) is 8.78 Å². The number of nitrogens with one attached hydrogen (secondary N) is 1.